The Kier molecular flexibility index (Phi) is 3.25. The minimum absolute atomic E-state index is 0.734. The lowest BCUT2D eigenvalue weighted by molar-refractivity contribution is 0.965. The molecule has 5 nitrogen and oxygen atoms in total. The van der Waals surface area contributed by atoms with Crippen LogP contribution in [0.5, 0.6) is 0 Å². The molecule has 2 heterocycles. The molecule has 0 atom stereocenters. The summed E-state index contributed by atoms with van der Waals surface area (Å²) in [5.74, 6) is 0.803. The number of anilines is 2. The fraction of sp³-hybridized carbons (Fsp3) is 0.200. The first-order chi connectivity index (χ1) is 9.78. The number of nitrogens with zero attached hydrogens (tertiary/aromatic N) is 3. The van der Waals surface area contributed by atoms with E-state index in [9.17, 15) is 0 Å². The van der Waals surface area contributed by atoms with E-state index in [2.05, 4.69) is 22.2 Å². The molecule has 0 fully saturated rings. The van der Waals surface area contributed by atoms with Crippen molar-refractivity contribution >= 4 is 17.2 Å². The highest BCUT2D eigenvalue weighted by molar-refractivity contribution is 5.70. The first-order valence-electron chi connectivity index (χ1n) is 6.71. The maximum Gasteiger partial charge on any atom is 0.180 e. The second-order valence-corrected chi connectivity index (χ2v) is 4.69. The van der Waals surface area contributed by atoms with Gasteiger partial charge in [0, 0.05) is 36.4 Å². The maximum absolute atomic E-state index is 5.84. The van der Waals surface area contributed by atoms with Crippen LogP contribution >= 0.6 is 0 Å². The quantitative estimate of drug-likeness (QED) is 0.713. The molecule has 0 saturated heterocycles. The third-order valence-electron chi connectivity index (χ3n) is 3.10. The van der Waals surface area contributed by atoms with E-state index in [0.29, 0.717) is 0 Å². The SMILES string of the molecule is CCCNc1nc(-c2cccc(N)c2)cn2ccnc12. The van der Waals surface area contributed by atoms with Crippen LogP contribution in [0.4, 0.5) is 11.5 Å². The number of aromatic nitrogens is 3. The van der Waals surface area contributed by atoms with Crippen LogP contribution in [-0.2, 0) is 0 Å². The van der Waals surface area contributed by atoms with E-state index in [1.54, 1.807) is 6.20 Å². The Morgan fingerprint density at radius 2 is 2.25 bits per heavy atom. The van der Waals surface area contributed by atoms with E-state index < -0.39 is 0 Å². The van der Waals surface area contributed by atoms with Crippen molar-refractivity contribution in [1.82, 2.24) is 14.4 Å². The van der Waals surface area contributed by atoms with Crippen LogP contribution in [0.25, 0.3) is 16.9 Å². The minimum atomic E-state index is 0.734. The van der Waals surface area contributed by atoms with Crippen LogP contribution in [-0.4, -0.2) is 20.9 Å². The van der Waals surface area contributed by atoms with Gasteiger partial charge in [-0.1, -0.05) is 19.1 Å². The number of fused-ring (bicyclic) bond motifs is 1. The number of hydrogen-bond donors (Lipinski definition) is 2. The molecule has 0 radical (unpaired) electrons. The molecular weight excluding hydrogens is 250 g/mol. The summed E-state index contributed by atoms with van der Waals surface area (Å²) >= 11 is 0. The van der Waals surface area contributed by atoms with Gasteiger partial charge in [-0.05, 0) is 18.6 Å². The van der Waals surface area contributed by atoms with Crippen LogP contribution in [0.2, 0.25) is 0 Å². The number of nitrogen functional groups attached to an aromatic ring is 1. The molecule has 0 bridgehead atoms. The molecule has 102 valence electrons. The van der Waals surface area contributed by atoms with E-state index in [0.717, 1.165) is 41.4 Å². The summed E-state index contributed by atoms with van der Waals surface area (Å²) in [6.45, 7) is 2.99. The Balaban J connectivity index is 2.11. The predicted octanol–water partition coefficient (Wildman–Crippen LogP) is 2.80. The summed E-state index contributed by atoms with van der Waals surface area (Å²) in [4.78, 5) is 9.01. The average molecular weight is 267 g/mol. The third kappa shape index (κ3) is 2.30. The molecule has 3 aromatic rings. The van der Waals surface area contributed by atoms with Gasteiger partial charge in [0.15, 0.2) is 11.5 Å². The largest absolute Gasteiger partial charge is 0.399 e. The fourth-order valence-electron chi connectivity index (χ4n) is 2.13. The second-order valence-electron chi connectivity index (χ2n) is 4.69. The number of rotatable bonds is 4. The maximum atomic E-state index is 5.84. The summed E-state index contributed by atoms with van der Waals surface area (Å²) < 4.78 is 1.98. The molecule has 20 heavy (non-hydrogen) atoms. The zero-order valence-corrected chi connectivity index (χ0v) is 11.4. The molecule has 0 saturated carbocycles. The van der Waals surface area contributed by atoms with Crippen molar-refractivity contribution in [2.45, 2.75) is 13.3 Å². The molecule has 0 amide bonds. The topological polar surface area (TPSA) is 68.2 Å². The number of nitrogens with one attached hydrogen (secondary N) is 1. The minimum Gasteiger partial charge on any atom is -0.399 e. The summed E-state index contributed by atoms with van der Waals surface area (Å²) in [5, 5.41) is 3.32. The lowest BCUT2D eigenvalue weighted by Gasteiger charge is -2.09. The average Bonchev–Trinajstić information content (AvgIpc) is 2.93. The molecule has 3 N–H and O–H groups in total. The van der Waals surface area contributed by atoms with Gasteiger partial charge in [-0.2, -0.15) is 0 Å². The highest BCUT2D eigenvalue weighted by atomic mass is 15.1. The Bertz CT molecular complexity index is 732. The van der Waals surface area contributed by atoms with Gasteiger partial charge in [0.05, 0.1) is 5.69 Å². The Labute approximate surface area is 117 Å². The number of hydrogen-bond acceptors (Lipinski definition) is 4. The summed E-state index contributed by atoms with van der Waals surface area (Å²) in [5.41, 5.74) is 9.29. The molecule has 1 aromatic carbocycles. The number of imidazole rings is 1. The van der Waals surface area contributed by atoms with Crippen molar-refractivity contribution in [2.75, 3.05) is 17.6 Å². The zero-order chi connectivity index (χ0) is 13.9. The molecule has 0 aliphatic carbocycles. The van der Waals surface area contributed by atoms with E-state index in [-0.39, 0.29) is 0 Å². The van der Waals surface area contributed by atoms with Gasteiger partial charge in [0.25, 0.3) is 0 Å². The normalized spacial score (nSPS) is 10.8. The van der Waals surface area contributed by atoms with Gasteiger partial charge in [-0.3, -0.25) is 0 Å². The van der Waals surface area contributed by atoms with Crippen LogP contribution in [0, 0.1) is 0 Å². The van der Waals surface area contributed by atoms with Crippen LogP contribution in [0.3, 0.4) is 0 Å². The zero-order valence-electron chi connectivity index (χ0n) is 11.4. The predicted molar refractivity (Wildman–Crippen MR) is 81.6 cm³/mol. The molecule has 0 aliphatic heterocycles. The Hall–Kier alpha value is -2.56. The van der Waals surface area contributed by atoms with Crippen LogP contribution < -0.4 is 11.1 Å². The lowest BCUT2D eigenvalue weighted by atomic mass is 10.1. The first-order valence-corrected chi connectivity index (χ1v) is 6.71. The van der Waals surface area contributed by atoms with Gasteiger partial charge in [-0.15, -0.1) is 0 Å². The Morgan fingerprint density at radius 3 is 3.05 bits per heavy atom. The van der Waals surface area contributed by atoms with Crippen molar-refractivity contribution in [3.63, 3.8) is 0 Å². The lowest BCUT2D eigenvalue weighted by Crippen LogP contribution is -2.05. The number of nitrogens with two attached hydrogens (primary N) is 1. The van der Waals surface area contributed by atoms with Gasteiger partial charge in [0.1, 0.15) is 0 Å². The van der Waals surface area contributed by atoms with Gasteiger partial charge in [0.2, 0.25) is 0 Å². The van der Waals surface area contributed by atoms with Crippen molar-refractivity contribution in [3.05, 3.63) is 42.9 Å². The molecule has 3 rings (SSSR count). The first kappa shape index (κ1) is 12.5. The smallest absolute Gasteiger partial charge is 0.180 e. The highest BCUT2D eigenvalue weighted by Crippen LogP contribution is 2.23. The molecule has 5 heteroatoms. The molecule has 0 unspecified atom stereocenters. The van der Waals surface area contributed by atoms with E-state index in [1.807, 2.05) is 41.1 Å². The van der Waals surface area contributed by atoms with Crippen LogP contribution in [0.1, 0.15) is 13.3 Å². The number of benzene rings is 1. The summed E-state index contributed by atoms with van der Waals surface area (Å²) in [6, 6.07) is 7.73. The summed E-state index contributed by atoms with van der Waals surface area (Å²) in [6.07, 6.45) is 6.70. The molecule has 0 spiro atoms. The monoisotopic (exact) mass is 267 g/mol. The molecular formula is C15H17N5. The molecule has 0 aliphatic rings. The third-order valence-corrected chi connectivity index (χ3v) is 3.10. The van der Waals surface area contributed by atoms with E-state index in [4.69, 9.17) is 5.73 Å². The van der Waals surface area contributed by atoms with Crippen molar-refractivity contribution in [3.8, 4) is 11.3 Å². The molecule has 2 aromatic heterocycles. The summed E-state index contributed by atoms with van der Waals surface area (Å²) in [7, 11) is 0. The van der Waals surface area contributed by atoms with Crippen molar-refractivity contribution in [1.29, 1.82) is 0 Å². The van der Waals surface area contributed by atoms with Gasteiger partial charge >= 0.3 is 0 Å². The van der Waals surface area contributed by atoms with Gasteiger partial charge < -0.3 is 15.5 Å². The van der Waals surface area contributed by atoms with Crippen molar-refractivity contribution < 1.29 is 0 Å². The van der Waals surface area contributed by atoms with E-state index >= 15 is 0 Å². The van der Waals surface area contributed by atoms with E-state index in [1.165, 1.54) is 0 Å². The Morgan fingerprint density at radius 1 is 1.35 bits per heavy atom. The van der Waals surface area contributed by atoms with Crippen molar-refractivity contribution in [2.24, 2.45) is 0 Å². The van der Waals surface area contributed by atoms with Gasteiger partial charge in [-0.25, -0.2) is 9.97 Å². The van der Waals surface area contributed by atoms with Crippen LogP contribution in [0.15, 0.2) is 42.9 Å². The highest BCUT2D eigenvalue weighted by Gasteiger charge is 2.08. The fourth-order valence-corrected chi connectivity index (χ4v) is 2.13. The second kappa shape index (κ2) is 5.21. The standard InChI is InChI=1S/C15H17N5/c1-2-6-17-14-15-18-7-8-20(15)10-13(19-14)11-4-3-5-12(16)9-11/h3-5,7-10H,2,6,16H2,1H3,(H,17,19).